The Morgan fingerprint density at radius 3 is 2.48 bits per heavy atom. The van der Waals surface area contributed by atoms with Crippen LogP contribution in [0.5, 0.6) is 0 Å². The van der Waals surface area contributed by atoms with E-state index in [1.165, 1.54) is 0 Å². The first-order valence-corrected chi connectivity index (χ1v) is 11.0. The Kier molecular flexibility index (Phi) is 6.84. The monoisotopic (exact) mass is 425 g/mol. The molecule has 168 valence electrons. The van der Waals surface area contributed by atoms with Crippen LogP contribution in [0.3, 0.4) is 0 Å². The summed E-state index contributed by atoms with van der Waals surface area (Å²) in [4.78, 5) is 35.4. The zero-order chi connectivity index (χ0) is 22.8. The highest BCUT2D eigenvalue weighted by molar-refractivity contribution is 5.90. The van der Waals surface area contributed by atoms with E-state index in [-0.39, 0.29) is 23.3 Å². The van der Waals surface area contributed by atoms with Crippen LogP contribution in [0.4, 0.5) is 0 Å². The highest BCUT2D eigenvalue weighted by Crippen LogP contribution is 2.28. The van der Waals surface area contributed by atoms with Gasteiger partial charge < -0.3 is 20.5 Å². The average molecular weight is 426 g/mol. The third-order valence-corrected chi connectivity index (χ3v) is 6.04. The normalized spacial score (nSPS) is 20.0. The van der Waals surface area contributed by atoms with Gasteiger partial charge in [-0.05, 0) is 42.9 Å². The summed E-state index contributed by atoms with van der Waals surface area (Å²) >= 11 is 0. The molecule has 1 fully saturated rings. The zero-order valence-corrected chi connectivity index (χ0v) is 19.5. The predicted molar refractivity (Wildman–Crippen MR) is 122 cm³/mol. The second-order valence-electron chi connectivity index (χ2n) is 9.71. The summed E-state index contributed by atoms with van der Waals surface area (Å²) in [5.41, 5.74) is 3.81. The van der Waals surface area contributed by atoms with Gasteiger partial charge >= 0.3 is 0 Å². The number of nitrogens with one attached hydrogen (secondary N) is 3. The maximum Gasteiger partial charge on any atom is 0.243 e. The van der Waals surface area contributed by atoms with Gasteiger partial charge in [-0.3, -0.25) is 9.59 Å². The van der Waals surface area contributed by atoms with Crippen LogP contribution in [0.15, 0.2) is 30.6 Å². The van der Waals surface area contributed by atoms with E-state index < -0.39 is 6.04 Å². The molecular formula is C24H35N5O2. The lowest BCUT2D eigenvalue weighted by atomic mass is 9.86. The lowest BCUT2D eigenvalue weighted by molar-refractivity contribution is -0.142. The first-order chi connectivity index (χ1) is 14.6. The topological polar surface area (TPSA) is 90.1 Å². The predicted octanol–water partition coefficient (Wildman–Crippen LogP) is 2.87. The van der Waals surface area contributed by atoms with Crippen LogP contribution in [0.1, 0.15) is 45.4 Å². The van der Waals surface area contributed by atoms with Crippen molar-refractivity contribution in [3.05, 3.63) is 41.9 Å². The molecule has 2 amide bonds. The van der Waals surface area contributed by atoms with Gasteiger partial charge in [-0.2, -0.15) is 0 Å². The third kappa shape index (κ3) is 5.15. The second-order valence-corrected chi connectivity index (χ2v) is 9.71. The minimum atomic E-state index is -0.424. The molecule has 7 heteroatoms. The van der Waals surface area contributed by atoms with Gasteiger partial charge in [0.25, 0.3) is 0 Å². The Morgan fingerprint density at radius 1 is 1.26 bits per heavy atom. The Bertz CT molecular complexity index is 913. The lowest BCUT2D eigenvalue weighted by Crippen LogP contribution is -2.55. The van der Waals surface area contributed by atoms with Crippen molar-refractivity contribution in [2.45, 2.75) is 59.7 Å². The Hall–Kier alpha value is -2.67. The number of carbonyl (C=O) groups excluding carboxylic acids is 2. The van der Waals surface area contributed by atoms with Crippen molar-refractivity contribution in [3.63, 3.8) is 0 Å². The van der Waals surface area contributed by atoms with Crippen molar-refractivity contribution in [2.75, 3.05) is 13.6 Å². The summed E-state index contributed by atoms with van der Waals surface area (Å²) in [7, 11) is 1.80. The first-order valence-electron chi connectivity index (χ1n) is 11.0. The molecule has 0 aliphatic carbocycles. The molecule has 3 rings (SSSR count). The van der Waals surface area contributed by atoms with Gasteiger partial charge in [0.2, 0.25) is 11.8 Å². The average Bonchev–Trinajstić information content (AvgIpc) is 3.31. The molecular weight excluding hydrogens is 390 g/mol. The lowest BCUT2D eigenvalue weighted by Gasteiger charge is -2.34. The second kappa shape index (κ2) is 9.22. The van der Waals surface area contributed by atoms with E-state index in [1.807, 2.05) is 52.0 Å². The number of benzene rings is 1. The Balaban J connectivity index is 1.65. The number of likely N-dealkylation sites (tertiary alicyclic amines) is 1. The smallest absolute Gasteiger partial charge is 0.243 e. The molecule has 1 aromatic heterocycles. The van der Waals surface area contributed by atoms with Crippen molar-refractivity contribution < 1.29 is 9.59 Å². The molecule has 1 aromatic carbocycles. The van der Waals surface area contributed by atoms with Gasteiger partial charge in [0.05, 0.1) is 23.8 Å². The number of nitrogens with zero attached hydrogens (tertiary/aromatic N) is 2. The van der Waals surface area contributed by atoms with E-state index in [4.69, 9.17) is 0 Å². The molecule has 31 heavy (non-hydrogen) atoms. The van der Waals surface area contributed by atoms with E-state index in [2.05, 4.69) is 27.5 Å². The first kappa shape index (κ1) is 23.0. The van der Waals surface area contributed by atoms with Crippen LogP contribution in [0.25, 0.3) is 11.3 Å². The van der Waals surface area contributed by atoms with Crippen LogP contribution in [0, 0.1) is 18.3 Å². The van der Waals surface area contributed by atoms with E-state index in [0.717, 1.165) is 22.5 Å². The standard InChI is InChI=1S/C24H35N5O2/c1-15-11-19(29(13-15)23(31)21(25-6)24(3,4)5)22(30)26-12-17-7-9-18(10-8-17)20-16(2)27-14-28-20/h7-10,14-15,19,21,25H,11-13H2,1-6H3,(H,26,30)(H,27,28)/t15-,19+,21-/m1/s1. The minimum Gasteiger partial charge on any atom is -0.350 e. The molecule has 3 N–H and O–H groups in total. The fourth-order valence-corrected chi connectivity index (χ4v) is 4.38. The molecule has 1 saturated heterocycles. The molecule has 0 radical (unpaired) electrons. The number of aromatic amines is 1. The van der Waals surface area contributed by atoms with Crippen LogP contribution in [-0.2, 0) is 16.1 Å². The van der Waals surface area contributed by atoms with Crippen molar-refractivity contribution in [3.8, 4) is 11.3 Å². The van der Waals surface area contributed by atoms with Crippen molar-refractivity contribution >= 4 is 11.8 Å². The number of carbonyl (C=O) groups is 2. The zero-order valence-electron chi connectivity index (χ0n) is 19.5. The van der Waals surface area contributed by atoms with Crippen LogP contribution in [-0.4, -0.2) is 52.4 Å². The minimum absolute atomic E-state index is 0.00113. The number of hydrogen-bond donors (Lipinski definition) is 3. The fraction of sp³-hybridized carbons (Fsp3) is 0.542. The highest BCUT2D eigenvalue weighted by Gasteiger charge is 2.42. The Labute approximate surface area is 185 Å². The van der Waals surface area contributed by atoms with Crippen LogP contribution < -0.4 is 10.6 Å². The van der Waals surface area contributed by atoms with Crippen molar-refractivity contribution in [1.82, 2.24) is 25.5 Å². The number of likely N-dealkylation sites (N-methyl/N-ethyl adjacent to an activating group) is 1. The number of aromatic nitrogens is 2. The number of rotatable bonds is 6. The van der Waals surface area contributed by atoms with Crippen LogP contribution >= 0.6 is 0 Å². The maximum absolute atomic E-state index is 13.2. The van der Waals surface area contributed by atoms with Crippen molar-refractivity contribution in [2.24, 2.45) is 11.3 Å². The van der Waals surface area contributed by atoms with Gasteiger partial charge in [-0.15, -0.1) is 0 Å². The summed E-state index contributed by atoms with van der Waals surface area (Å²) < 4.78 is 0. The van der Waals surface area contributed by atoms with Gasteiger partial charge in [0.15, 0.2) is 0 Å². The molecule has 1 aliphatic heterocycles. The molecule has 0 saturated carbocycles. The summed E-state index contributed by atoms with van der Waals surface area (Å²) in [5.74, 6) is 0.211. The summed E-state index contributed by atoms with van der Waals surface area (Å²) in [6, 6.07) is 7.31. The Morgan fingerprint density at radius 2 is 1.94 bits per heavy atom. The fourth-order valence-electron chi connectivity index (χ4n) is 4.38. The number of H-pyrrole nitrogens is 1. The van der Waals surface area contributed by atoms with Crippen LogP contribution in [0.2, 0.25) is 0 Å². The number of hydrogen-bond acceptors (Lipinski definition) is 4. The van der Waals surface area contributed by atoms with Crippen molar-refractivity contribution in [1.29, 1.82) is 0 Å². The maximum atomic E-state index is 13.2. The summed E-state index contributed by atoms with van der Waals surface area (Å²) in [6.45, 7) is 11.2. The van der Waals surface area contributed by atoms with E-state index in [0.29, 0.717) is 25.4 Å². The quantitative estimate of drug-likeness (QED) is 0.664. The van der Waals surface area contributed by atoms with E-state index >= 15 is 0 Å². The SMILES string of the molecule is CN[C@H](C(=O)N1C[C@H](C)C[C@H]1C(=O)NCc1ccc(-c2[nH]cnc2C)cc1)C(C)(C)C. The largest absolute Gasteiger partial charge is 0.350 e. The van der Waals surface area contributed by atoms with Gasteiger partial charge in [-0.25, -0.2) is 4.98 Å². The molecule has 2 aromatic rings. The number of aryl methyl sites for hydroxylation is 1. The van der Waals surface area contributed by atoms with Gasteiger partial charge in [0.1, 0.15) is 6.04 Å². The van der Waals surface area contributed by atoms with Gasteiger partial charge in [-0.1, -0.05) is 52.0 Å². The summed E-state index contributed by atoms with van der Waals surface area (Å²) in [5, 5.41) is 6.18. The van der Waals surface area contributed by atoms with E-state index in [9.17, 15) is 9.59 Å². The molecule has 1 aliphatic rings. The molecule has 0 unspecified atom stereocenters. The molecule has 3 atom stereocenters. The van der Waals surface area contributed by atoms with E-state index in [1.54, 1.807) is 18.3 Å². The molecule has 0 bridgehead atoms. The van der Waals surface area contributed by atoms with Gasteiger partial charge in [0, 0.05) is 13.1 Å². The number of imidazole rings is 1. The third-order valence-electron chi connectivity index (χ3n) is 6.04. The molecule has 7 nitrogen and oxygen atoms in total. The highest BCUT2D eigenvalue weighted by atomic mass is 16.2. The summed E-state index contributed by atoms with van der Waals surface area (Å²) in [6.07, 6.45) is 2.38. The molecule has 0 spiro atoms. The number of amides is 2. The molecule has 2 heterocycles.